The summed E-state index contributed by atoms with van der Waals surface area (Å²) in [5, 5.41) is 12.8. The Hall–Kier alpha value is -0.840. The Kier molecular flexibility index (Phi) is 6.39. The molecule has 0 fully saturated rings. The normalized spacial score (nSPS) is 12.8. The smallest absolute Gasteiger partial charge is 0.183 e. The molecule has 1 rings (SSSR count). The summed E-state index contributed by atoms with van der Waals surface area (Å²) in [7, 11) is 0. The molecule has 0 amide bonds. The third kappa shape index (κ3) is 5.21. The van der Waals surface area contributed by atoms with Gasteiger partial charge in [0.2, 0.25) is 0 Å². The quantitative estimate of drug-likeness (QED) is 0.803. The molecule has 18 heavy (non-hydrogen) atoms. The molecule has 0 aliphatic heterocycles. The lowest BCUT2D eigenvalue weighted by Crippen LogP contribution is -2.33. The second-order valence-corrected chi connectivity index (χ2v) is 4.98. The van der Waals surface area contributed by atoms with Gasteiger partial charge in [0.15, 0.2) is 11.6 Å². The van der Waals surface area contributed by atoms with Crippen molar-refractivity contribution in [3.63, 3.8) is 0 Å². The summed E-state index contributed by atoms with van der Waals surface area (Å²) in [6.45, 7) is 5.43. The maximum absolute atomic E-state index is 13.5. The van der Waals surface area contributed by atoms with Crippen LogP contribution < -0.4 is 10.1 Å². The number of hydrogen-bond donors (Lipinski definition) is 2. The molecule has 0 spiro atoms. The molecule has 2 N–H and O–H groups in total. The van der Waals surface area contributed by atoms with Crippen molar-refractivity contribution in [3.8, 4) is 5.75 Å². The molecule has 1 aromatic carbocycles. The van der Waals surface area contributed by atoms with Gasteiger partial charge in [-0.2, -0.15) is 0 Å². The van der Waals surface area contributed by atoms with Gasteiger partial charge in [-0.05, 0) is 24.6 Å². The molecule has 0 aliphatic carbocycles. The first kappa shape index (κ1) is 15.2. The Bertz CT molecular complexity index is 374. The lowest BCUT2D eigenvalue weighted by molar-refractivity contribution is 0.103. The highest BCUT2D eigenvalue weighted by atomic mass is 35.5. The van der Waals surface area contributed by atoms with Crippen molar-refractivity contribution < 1.29 is 14.2 Å². The van der Waals surface area contributed by atoms with Crippen molar-refractivity contribution in [2.75, 3.05) is 19.7 Å². The van der Waals surface area contributed by atoms with Crippen molar-refractivity contribution in [1.82, 2.24) is 5.32 Å². The van der Waals surface area contributed by atoms with Crippen molar-refractivity contribution in [3.05, 3.63) is 29.0 Å². The maximum Gasteiger partial charge on any atom is 0.183 e. The first-order chi connectivity index (χ1) is 8.50. The van der Waals surface area contributed by atoms with Gasteiger partial charge in [-0.3, -0.25) is 0 Å². The predicted octanol–water partition coefficient (Wildman–Crippen LogP) is 2.46. The molecular weight excluding hydrogens is 257 g/mol. The molecule has 5 heteroatoms. The molecule has 102 valence electrons. The highest BCUT2D eigenvalue weighted by molar-refractivity contribution is 6.30. The third-order valence-corrected chi connectivity index (χ3v) is 2.57. The van der Waals surface area contributed by atoms with Gasteiger partial charge in [0.05, 0.1) is 5.02 Å². The molecule has 3 nitrogen and oxygen atoms in total. The van der Waals surface area contributed by atoms with Crippen LogP contribution in [-0.2, 0) is 0 Å². The summed E-state index contributed by atoms with van der Waals surface area (Å²) in [5.41, 5.74) is 0. The van der Waals surface area contributed by atoms with Gasteiger partial charge < -0.3 is 15.2 Å². The molecule has 0 aromatic heterocycles. The summed E-state index contributed by atoms with van der Waals surface area (Å²) in [5.74, 6) is -0.0181. The number of ether oxygens (including phenoxy) is 1. The Balaban J connectivity index is 2.33. The zero-order chi connectivity index (χ0) is 13.5. The highest BCUT2D eigenvalue weighted by Gasteiger charge is 2.10. The second kappa shape index (κ2) is 7.56. The first-order valence-corrected chi connectivity index (χ1v) is 6.34. The second-order valence-electron chi connectivity index (χ2n) is 4.57. The van der Waals surface area contributed by atoms with Crippen LogP contribution in [0.25, 0.3) is 0 Å². The number of hydrogen-bond acceptors (Lipinski definition) is 3. The van der Waals surface area contributed by atoms with E-state index in [1.807, 2.05) is 0 Å². The van der Waals surface area contributed by atoms with Gasteiger partial charge in [0, 0.05) is 6.54 Å². The van der Waals surface area contributed by atoms with Gasteiger partial charge >= 0.3 is 0 Å². The summed E-state index contributed by atoms with van der Waals surface area (Å²) >= 11 is 5.62. The average Bonchev–Trinajstić information content (AvgIpc) is 2.30. The lowest BCUT2D eigenvalue weighted by Gasteiger charge is -2.14. The van der Waals surface area contributed by atoms with Crippen LogP contribution in [0.5, 0.6) is 5.75 Å². The third-order valence-electron chi connectivity index (χ3n) is 2.28. The monoisotopic (exact) mass is 275 g/mol. The standard InChI is InChI=1S/C13H19ClFNO2/c1-9(2)6-16-7-10(17)8-18-12-5-3-4-11(14)13(12)15/h3-5,9-10,16-17H,6-8H2,1-2H3. The van der Waals surface area contributed by atoms with Crippen molar-refractivity contribution in [2.45, 2.75) is 20.0 Å². The van der Waals surface area contributed by atoms with E-state index in [1.54, 1.807) is 6.07 Å². The summed E-state index contributed by atoms with van der Waals surface area (Å²) in [4.78, 5) is 0. The fraction of sp³-hybridized carbons (Fsp3) is 0.538. The molecule has 1 unspecified atom stereocenters. The Labute approximate surface area is 112 Å². The molecule has 1 aromatic rings. The van der Waals surface area contributed by atoms with Gasteiger partial charge in [0.1, 0.15) is 12.7 Å². The molecule has 0 heterocycles. The van der Waals surface area contributed by atoms with Gasteiger partial charge in [-0.15, -0.1) is 0 Å². The number of benzene rings is 1. The number of aliphatic hydroxyl groups is 1. The molecule has 0 radical (unpaired) electrons. The van der Waals surface area contributed by atoms with E-state index in [9.17, 15) is 9.50 Å². The van der Waals surface area contributed by atoms with Gasteiger partial charge in [-0.1, -0.05) is 31.5 Å². The van der Waals surface area contributed by atoms with E-state index in [1.165, 1.54) is 12.1 Å². The highest BCUT2D eigenvalue weighted by Crippen LogP contribution is 2.23. The van der Waals surface area contributed by atoms with Crippen LogP contribution in [0.2, 0.25) is 5.02 Å². The van der Waals surface area contributed by atoms with E-state index in [-0.39, 0.29) is 17.4 Å². The minimum absolute atomic E-state index is 0.0138. The Morgan fingerprint density at radius 1 is 1.39 bits per heavy atom. The lowest BCUT2D eigenvalue weighted by atomic mass is 10.2. The fourth-order valence-electron chi connectivity index (χ4n) is 1.38. The van der Waals surface area contributed by atoms with Gasteiger partial charge in [-0.25, -0.2) is 4.39 Å². The molecule has 0 saturated heterocycles. The van der Waals surface area contributed by atoms with Crippen LogP contribution in [0.3, 0.4) is 0 Å². The Morgan fingerprint density at radius 2 is 2.11 bits per heavy atom. The molecule has 0 aliphatic rings. The van der Waals surface area contributed by atoms with Crippen LogP contribution >= 0.6 is 11.6 Å². The molecule has 0 bridgehead atoms. The van der Waals surface area contributed by atoms with Gasteiger partial charge in [0.25, 0.3) is 0 Å². The largest absolute Gasteiger partial charge is 0.488 e. The summed E-state index contributed by atoms with van der Waals surface area (Å²) < 4.78 is 18.6. The molecule has 1 atom stereocenters. The van der Waals surface area contributed by atoms with Crippen LogP contribution in [0.1, 0.15) is 13.8 Å². The average molecular weight is 276 g/mol. The molecular formula is C13H19ClFNO2. The summed E-state index contributed by atoms with van der Waals surface area (Å²) in [6.07, 6.45) is -0.679. The van der Waals surface area contributed by atoms with E-state index in [4.69, 9.17) is 16.3 Å². The van der Waals surface area contributed by atoms with E-state index in [0.29, 0.717) is 12.5 Å². The van der Waals surface area contributed by atoms with E-state index in [2.05, 4.69) is 19.2 Å². The SMILES string of the molecule is CC(C)CNCC(O)COc1cccc(Cl)c1F. The topological polar surface area (TPSA) is 41.5 Å². The summed E-state index contributed by atoms with van der Waals surface area (Å²) in [6, 6.07) is 4.53. The number of aliphatic hydroxyl groups excluding tert-OH is 1. The van der Waals surface area contributed by atoms with Crippen LogP contribution in [0.4, 0.5) is 4.39 Å². The number of rotatable bonds is 7. The molecule has 0 saturated carbocycles. The fourth-order valence-corrected chi connectivity index (χ4v) is 1.54. The van der Waals surface area contributed by atoms with Crippen LogP contribution in [0.15, 0.2) is 18.2 Å². The number of halogens is 2. The Morgan fingerprint density at radius 3 is 2.78 bits per heavy atom. The van der Waals surface area contributed by atoms with E-state index >= 15 is 0 Å². The van der Waals surface area contributed by atoms with E-state index in [0.717, 1.165) is 6.54 Å². The minimum Gasteiger partial charge on any atom is -0.488 e. The van der Waals surface area contributed by atoms with Crippen LogP contribution in [-0.4, -0.2) is 30.9 Å². The van der Waals surface area contributed by atoms with Crippen molar-refractivity contribution in [1.29, 1.82) is 0 Å². The predicted molar refractivity (Wildman–Crippen MR) is 70.6 cm³/mol. The van der Waals surface area contributed by atoms with E-state index < -0.39 is 11.9 Å². The first-order valence-electron chi connectivity index (χ1n) is 5.96. The number of nitrogens with one attached hydrogen (secondary N) is 1. The minimum atomic E-state index is -0.679. The zero-order valence-electron chi connectivity index (χ0n) is 10.6. The van der Waals surface area contributed by atoms with Crippen molar-refractivity contribution in [2.24, 2.45) is 5.92 Å². The van der Waals surface area contributed by atoms with Crippen molar-refractivity contribution >= 4 is 11.6 Å². The zero-order valence-corrected chi connectivity index (χ0v) is 11.4. The van der Waals surface area contributed by atoms with Crippen LogP contribution in [0, 0.1) is 11.7 Å². The maximum atomic E-state index is 13.5.